The fourth-order valence-electron chi connectivity index (χ4n) is 2.17. The Bertz CT molecular complexity index is 405. The minimum Gasteiger partial charge on any atom is -0.392 e. The Morgan fingerprint density at radius 2 is 2.40 bits per heavy atom. The van der Waals surface area contributed by atoms with Gasteiger partial charge in [0.25, 0.3) is 0 Å². The topological polar surface area (TPSA) is 51.8 Å². The van der Waals surface area contributed by atoms with E-state index in [4.69, 9.17) is 17.3 Å². The van der Waals surface area contributed by atoms with Crippen LogP contribution in [0.2, 0.25) is 0 Å². The number of nitrogens with one attached hydrogen (secondary N) is 2. The lowest BCUT2D eigenvalue weighted by molar-refractivity contribution is 0.310. The van der Waals surface area contributed by atoms with Gasteiger partial charge in [-0.25, -0.2) is 0 Å². The van der Waals surface area contributed by atoms with Crippen LogP contribution >= 0.6 is 12.2 Å². The van der Waals surface area contributed by atoms with Crippen molar-refractivity contribution in [3.05, 3.63) is 28.3 Å². The lowest BCUT2D eigenvalue weighted by Gasteiger charge is -2.21. The van der Waals surface area contributed by atoms with Crippen molar-refractivity contribution in [2.45, 2.75) is 25.7 Å². The summed E-state index contributed by atoms with van der Waals surface area (Å²) in [6.07, 6.45) is 8.43. The van der Waals surface area contributed by atoms with Gasteiger partial charge in [0.15, 0.2) is 4.77 Å². The second-order valence-corrected chi connectivity index (χ2v) is 4.55. The van der Waals surface area contributed by atoms with Crippen molar-refractivity contribution < 1.29 is 5.11 Å². The summed E-state index contributed by atoms with van der Waals surface area (Å²) in [6, 6.07) is 0. The molecule has 1 atom stereocenters. The van der Waals surface area contributed by atoms with Crippen LogP contribution < -0.4 is 0 Å². The van der Waals surface area contributed by atoms with Crippen molar-refractivity contribution in [3.63, 3.8) is 0 Å². The molecule has 0 aromatic carbocycles. The minimum atomic E-state index is 0.208. The number of hydrogen-bond acceptors (Lipinski definition) is 2. The number of imidazole rings is 1. The van der Waals surface area contributed by atoms with Crippen molar-refractivity contribution in [3.8, 4) is 0 Å². The average molecular weight is 224 g/mol. The van der Waals surface area contributed by atoms with Crippen LogP contribution in [0.5, 0.6) is 0 Å². The lowest BCUT2D eigenvalue weighted by atomic mass is 9.86. The van der Waals surface area contributed by atoms with E-state index in [1.54, 1.807) is 0 Å². The van der Waals surface area contributed by atoms with Crippen LogP contribution in [0.1, 0.15) is 25.0 Å². The van der Waals surface area contributed by atoms with Crippen LogP contribution in [-0.2, 0) is 6.42 Å². The standard InChI is InChI=1S/C11H16N2OS/c14-7-9-3-1-2-8(4-9)5-10-6-12-11(15)13-10/h3,6,8,14H,1-2,4-5,7H2,(H2,12,13,15). The van der Waals surface area contributed by atoms with Crippen LogP contribution in [-0.4, -0.2) is 21.7 Å². The van der Waals surface area contributed by atoms with Crippen LogP contribution in [0, 0.1) is 10.7 Å². The molecule has 1 aliphatic carbocycles. The summed E-state index contributed by atoms with van der Waals surface area (Å²) in [5.41, 5.74) is 2.35. The van der Waals surface area contributed by atoms with Gasteiger partial charge in [-0.3, -0.25) is 0 Å². The molecule has 3 nitrogen and oxygen atoms in total. The zero-order chi connectivity index (χ0) is 10.7. The highest BCUT2D eigenvalue weighted by molar-refractivity contribution is 7.71. The van der Waals surface area contributed by atoms with E-state index in [2.05, 4.69) is 16.0 Å². The van der Waals surface area contributed by atoms with Gasteiger partial charge in [0.1, 0.15) is 0 Å². The molecule has 4 heteroatoms. The normalized spacial score (nSPS) is 21.4. The molecule has 3 N–H and O–H groups in total. The molecule has 82 valence electrons. The molecule has 0 saturated carbocycles. The summed E-state index contributed by atoms with van der Waals surface area (Å²) in [5.74, 6) is 0.638. The Hall–Kier alpha value is -0.870. The highest BCUT2D eigenvalue weighted by Gasteiger charge is 2.15. The smallest absolute Gasteiger partial charge is 0.174 e. The van der Waals surface area contributed by atoms with E-state index in [9.17, 15) is 0 Å². The molecule has 0 radical (unpaired) electrons. The summed E-state index contributed by atoms with van der Waals surface area (Å²) in [6.45, 7) is 0.208. The largest absolute Gasteiger partial charge is 0.392 e. The van der Waals surface area contributed by atoms with E-state index in [0.29, 0.717) is 10.7 Å². The van der Waals surface area contributed by atoms with E-state index in [1.807, 2.05) is 6.20 Å². The monoisotopic (exact) mass is 224 g/mol. The van der Waals surface area contributed by atoms with Crippen molar-refractivity contribution in [2.75, 3.05) is 6.61 Å². The molecule has 15 heavy (non-hydrogen) atoms. The first-order valence-electron chi connectivity index (χ1n) is 5.33. The Kier molecular flexibility index (Phi) is 3.38. The first kappa shape index (κ1) is 10.6. The number of aromatic nitrogens is 2. The second kappa shape index (κ2) is 4.77. The molecule has 0 spiro atoms. The molecule has 1 heterocycles. The first-order chi connectivity index (χ1) is 7.28. The van der Waals surface area contributed by atoms with Crippen molar-refractivity contribution in [2.24, 2.45) is 5.92 Å². The summed E-state index contributed by atoms with van der Waals surface area (Å²) in [7, 11) is 0. The molecule has 0 bridgehead atoms. The van der Waals surface area contributed by atoms with Gasteiger partial charge in [-0.1, -0.05) is 6.08 Å². The third-order valence-corrected chi connectivity index (χ3v) is 3.14. The maximum absolute atomic E-state index is 9.08. The maximum atomic E-state index is 9.08. The Balaban J connectivity index is 1.96. The van der Waals surface area contributed by atoms with E-state index in [1.165, 1.54) is 17.7 Å². The van der Waals surface area contributed by atoms with Gasteiger partial charge < -0.3 is 15.1 Å². The predicted molar refractivity (Wildman–Crippen MR) is 62.2 cm³/mol. The summed E-state index contributed by atoms with van der Waals surface area (Å²) in [5, 5.41) is 9.08. The van der Waals surface area contributed by atoms with Gasteiger partial charge >= 0.3 is 0 Å². The zero-order valence-corrected chi connectivity index (χ0v) is 9.44. The number of aliphatic hydroxyl groups is 1. The van der Waals surface area contributed by atoms with Crippen LogP contribution in [0.3, 0.4) is 0 Å². The summed E-state index contributed by atoms with van der Waals surface area (Å²) < 4.78 is 0.693. The van der Waals surface area contributed by atoms with E-state index >= 15 is 0 Å². The van der Waals surface area contributed by atoms with Crippen LogP contribution in [0.25, 0.3) is 0 Å². The van der Waals surface area contributed by atoms with Gasteiger partial charge in [0.05, 0.1) is 6.61 Å². The molecule has 2 rings (SSSR count). The molecule has 0 amide bonds. The number of allylic oxidation sites excluding steroid dienone is 1. The van der Waals surface area contributed by atoms with Crippen molar-refractivity contribution in [1.29, 1.82) is 0 Å². The summed E-state index contributed by atoms with van der Waals surface area (Å²) in [4.78, 5) is 6.11. The zero-order valence-electron chi connectivity index (χ0n) is 8.62. The molecule has 0 fully saturated rings. The molecule has 1 unspecified atom stereocenters. The Morgan fingerprint density at radius 3 is 3.07 bits per heavy atom. The van der Waals surface area contributed by atoms with Crippen LogP contribution in [0.15, 0.2) is 17.8 Å². The molecule has 1 aliphatic rings. The number of aromatic amines is 2. The number of hydrogen-bond donors (Lipinski definition) is 3. The maximum Gasteiger partial charge on any atom is 0.174 e. The Labute approximate surface area is 94.2 Å². The minimum absolute atomic E-state index is 0.208. The fraction of sp³-hybridized carbons (Fsp3) is 0.545. The third kappa shape index (κ3) is 2.79. The Morgan fingerprint density at radius 1 is 1.53 bits per heavy atom. The molecule has 1 aromatic rings. The number of aliphatic hydroxyl groups excluding tert-OH is 1. The SMILES string of the molecule is OCC1=CCCC(Cc2c[nH]c(=S)[nH]2)C1. The van der Waals surface area contributed by atoms with Crippen molar-refractivity contribution in [1.82, 2.24) is 9.97 Å². The third-order valence-electron chi connectivity index (χ3n) is 2.92. The molecule has 0 saturated heterocycles. The van der Waals surface area contributed by atoms with Gasteiger partial charge in [-0.15, -0.1) is 0 Å². The molecule has 1 aromatic heterocycles. The second-order valence-electron chi connectivity index (χ2n) is 4.14. The van der Waals surface area contributed by atoms with Gasteiger partial charge in [0, 0.05) is 11.9 Å². The van der Waals surface area contributed by atoms with E-state index in [0.717, 1.165) is 19.3 Å². The van der Waals surface area contributed by atoms with Gasteiger partial charge in [-0.05, 0) is 49.4 Å². The average Bonchev–Trinajstić information content (AvgIpc) is 2.64. The fourth-order valence-corrected chi connectivity index (χ4v) is 2.36. The summed E-state index contributed by atoms with van der Waals surface area (Å²) >= 11 is 4.98. The first-order valence-corrected chi connectivity index (χ1v) is 5.74. The molecule has 0 aliphatic heterocycles. The molecular weight excluding hydrogens is 208 g/mol. The van der Waals surface area contributed by atoms with E-state index in [-0.39, 0.29) is 6.61 Å². The van der Waals surface area contributed by atoms with E-state index < -0.39 is 0 Å². The predicted octanol–water partition coefficient (Wildman–Crippen LogP) is 2.33. The highest BCUT2D eigenvalue weighted by atomic mass is 32.1. The van der Waals surface area contributed by atoms with Crippen molar-refractivity contribution >= 4 is 12.2 Å². The quantitative estimate of drug-likeness (QED) is 0.545. The molecular formula is C11H16N2OS. The highest BCUT2D eigenvalue weighted by Crippen LogP contribution is 2.26. The van der Waals surface area contributed by atoms with Gasteiger partial charge in [-0.2, -0.15) is 0 Å². The lowest BCUT2D eigenvalue weighted by Crippen LogP contribution is -2.11. The number of H-pyrrole nitrogens is 2. The van der Waals surface area contributed by atoms with Gasteiger partial charge in [0.2, 0.25) is 0 Å². The van der Waals surface area contributed by atoms with Crippen LogP contribution in [0.4, 0.5) is 0 Å². The number of rotatable bonds is 3.